The van der Waals surface area contributed by atoms with Crippen LogP contribution in [0.25, 0.3) is 0 Å². The highest BCUT2D eigenvalue weighted by Gasteiger charge is 1.92. The lowest BCUT2D eigenvalue weighted by Crippen LogP contribution is -1.99. The molecular weight excluding hydrogens is 196 g/mol. The number of hydrogen-bond donors (Lipinski definition) is 0. The molecule has 0 radical (unpaired) electrons. The van der Waals surface area contributed by atoms with Crippen LogP contribution in [-0.2, 0) is 19.1 Å². The van der Waals surface area contributed by atoms with Gasteiger partial charge in [-0.2, -0.15) is 0 Å². The van der Waals surface area contributed by atoms with E-state index >= 15 is 0 Å². The van der Waals surface area contributed by atoms with Gasteiger partial charge in [0, 0.05) is 13.3 Å². The zero-order valence-corrected chi connectivity index (χ0v) is 10.2. The lowest BCUT2D eigenvalue weighted by atomic mass is 10.3. The first-order chi connectivity index (χ1) is 7.08. The van der Waals surface area contributed by atoms with Crippen LogP contribution >= 0.6 is 0 Å². The lowest BCUT2D eigenvalue weighted by Gasteiger charge is -1.96. The summed E-state index contributed by atoms with van der Waals surface area (Å²) in [5, 5.41) is 0. The Hall–Kier alpha value is -1.06. The molecule has 0 amide bonds. The molecule has 0 aliphatic heterocycles. The molecule has 4 heteroatoms. The monoisotopic (exact) mass is 218 g/mol. The minimum Gasteiger partial charge on any atom is -0.469 e. The van der Waals surface area contributed by atoms with E-state index in [2.05, 4.69) is 16.4 Å². The fraction of sp³-hybridized carbons (Fsp3) is 0.818. The lowest BCUT2D eigenvalue weighted by molar-refractivity contribution is -0.141. The third kappa shape index (κ3) is 19.4. The molecule has 0 heterocycles. The molecule has 0 atom stereocenters. The van der Waals surface area contributed by atoms with Crippen LogP contribution in [0.4, 0.5) is 0 Å². The number of ether oxygens (including phenoxy) is 2. The molecule has 0 aliphatic rings. The zero-order chi connectivity index (χ0) is 12.1. The summed E-state index contributed by atoms with van der Waals surface area (Å²) in [5.41, 5.74) is 0. The maximum Gasteiger partial charge on any atom is 0.305 e. The van der Waals surface area contributed by atoms with E-state index in [1.54, 1.807) is 0 Å². The van der Waals surface area contributed by atoms with E-state index in [9.17, 15) is 9.59 Å². The Labute approximate surface area is 91.9 Å². The molecule has 0 spiro atoms. The van der Waals surface area contributed by atoms with Crippen LogP contribution in [0.2, 0.25) is 0 Å². The molecule has 0 N–H and O–H groups in total. The Kier molecular flexibility index (Phi) is 14.1. The van der Waals surface area contributed by atoms with Gasteiger partial charge in [0.2, 0.25) is 0 Å². The molecule has 15 heavy (non-hydrogen) atoms. The standard InChI is InChI=1S/C6H12O2.C5H10O2/c1-3-4-5-8-6(2)7;1-3-4-5(6)7-2/h3-5H2,1-2H3;3-4H2,1-2H3. The molecule has 4 nitrogen and oxygen atoms in total. The summed E-state index contributed by atoms with van der Waals surface area (Å²) < 4.78 is 9.00. The number of carbonyl (C=O) groups excluding carboxylic acids is 2. The van der Waals surface area contributed by atoms with Gasteiger partial charge in [0.1, 0.15) is 0 Å². The van der Waals surface area contributed by atoms with E-state index < -0.39 is 0 Å². The van der Waals surface area contributed by atoms with Crippen molar-refractivity contribution in [3.8, 4) is 0 Å². The molecule has 0 aromatic carbocycles. The van der Waals surface area contributed by atoms with E-state index in [4.69, 9.17) is 0 Å². The van der Waals surface area contributed by atoms with Crippen molar-refractivity contribution in [2.75, 3.05) is 13.7 Å². The number of rotatable bonds is 5. The predicted molar refractivity (Wildman–Crippen MR) is 58.5 cm³/mol. The molecule has 0 saturated heterocycles. The minimum atomic E-state index is -0.182. The van der Waals surface area contributed by atoms with Crippen molar-refractivity contribution in [2.45, 2.75) is 46.5 Å². The van der Waals surface area contributed by atoms with Gasteiger partial charge in [-0.15, -0.1) is 0 Å². The van der Waals surface area contributed by atoms with E-state index in [0.29, 0.717) is 13.0 Å². The number of esters is 2. The van der Waals surface area contributed by atoms with Crippen molar-refractivity contribution in [3.63, 3.8) is 0 Å². The number of unbranched alkanes of at least 4 members (excludes halogenated alkanes) is 1. The van der Waals surface area contributed by atoms with Gasteiger partial charge in [0.15, 0.2) is 0 Å². The Morgan fingerprint density at radius 2 is 1.73 bits per heavy atom. The van der Waals surface area contributed by atoms with Gasteiger partial charge in [0.25, 0.3) is 0 Å². The van der Waals surface area contributed by atoms with Gasteiger partial charge in [0.05, 0.1) is 13.7 Å². The van der Waals surface area contributed by atoms with Crippen molar-refractivity contribution in [2.24, 2.45) is 0 Å². The molecule has 90 valence electrons. The number of carbonyl (C=O) groups is 2. The molecule has 0 unspecified atom stereocenters. The van der Waals surface area contributed by atoms with Crippen LogP contribution in [0.15, 0.2) is 0 Å². The largest absolute Gasteiger partial charge is 0.469 e. The summed E-state index contributed by atoms with van der Waals surface area (Å²) in [7, 11) is 1.40. The van der Waals surface area contributed by atoms with Crippen LogP contribution in [0.5, 0.6) is 0 Å². The fourth-order valence-corrected chi connectivity index (χ4v) is 0.666. The van der Waals surface area contributed by atoms with Crippen LogP contribution in [-0.4, -0.2) is 25.7 Å². The van der Waals surface area contributed by atoms with Crippen LogP contribution in [0, 0.1) is 0 Å². The summed E-state index contributed by atoms with van der Waals surface area (Å²) in [6, 6.07) is 0. The van der Waals surface area contributed by atoms with E-state index in [0.717, 1.165) is 19.3 Å². The zero-order valence-electron chi connectivity index (χ0n) is 10.2. The minimum absolute atomic E-state index is 0.123. The molecule has 0 aromatic rings. The highest BCUT2D eigenvalue weighted by molar-refractivity contribution is 5.68. The third-order valence-electron chi connectivity index (χ3n) is 1.49. The predicted octanol–water partition coefficient (Wildman–Crippen LogP) is 2.31. The van der Waals surface area contributed by atoms with Crippen molar-refractivity contribution in [3.05, 3.63) is 0 Å². The first kappa shape index (κ1) is 16.4. The second-order valence-corrected chi connectivity index (χ2v) is 3.02. The van der Waals surface area contributed by atoms with Crippen molar-refractivity contribution >= 4 is 11.9 Å². The second-order valence-electron chi connectivity index (χ2n) is 3.02. The fourth-order valence-electron chi connectivity index (χ4n) is 0.666. The Morgan fingerprint density at radius 1 is 1.13 bits per heavy atom. The maximum atomic E-state index is 10.2. The van der Waals surface area contributed by atoms with Crippen LogP contribution < -0.4 is 0 Å². The van der Waals surface area contributed by atoms with E-state index in [1.807, 2.05) is 6.92 Å². The maximum absolute atomic E-state index is 10.2. The highest BCUT2D eigenvalue weighted by atomic mass is 16.5. The molecule has 0 aromatic heterocycles. The first-order valence-electron chi connectivity index (χ1n) is 5.28. The first-order valence-corrected chi connectivity index (χ1v) is 5.28. The van der Waals surface area contributed by atoms with Gasteiger partial charge < -0.3 is 9.47 Å². The average molecular weight is 218 g/mol. The Morgan fingerprint density at radius 3 is 2.00 bits per heavy atom. The molecule has 0 bridgehead atoms. The third-order valence-corrected chi connectivity index (χ3v) is 1.49. The van der Waals surface area contributed by atoms with Crippen LogP contribution in [0.1, 0.15) is 46.5 Å². The van der Waals surface area contributed by atoms with Gasteiger partial charge in [-0.1, -0.05) is 20.3 Å². The van der Waals surface area contributed by atoms with Crippen molar-refractivity contribution in [1.82, 2.24) is 0 Å². The van der Waals surface area contributed by atoms with Crippen LogP contribution in [0.3, 0.4) is 0 Å². The summed E-state index contributed by atoms with van der Waals surface area (Å²) in [6.45, 7) is 6.00. The highest BCUT2D eigenvalue weighted by Crippen LogP contribution is 1.87. The molecule has 0 aliphatic carbocycles. The van der Waals surface area contributed by atoms with Gasteiger partial charge in [-0.25, -0.2) is 0 Å². The molecular formula is C11H22O4. The quantitative estimate of drug-likeness (QED) is 0.525. The van der Waals surface area contributed by atoms with Crippen molar-refractivity contribution in [1.29, 1.82) is 0 Å². The number of hydrogen-bond acceptors (Lipinski definition) is 4. The molecule has 0 fully saturated rings. The van der Waals surface area contributed by atoms with E-state index in [-0.39, 0.29) is 11.9 Å². The van der Waals surface area contributed by atoms with E-state index in [1.165, 1.54) is 14.0 Å². The topological polar surface area (TPSA) is 52.6 Å². The summed E-state index contributed by atoms with van der Waals surface area (Å²) in [5.74, 6) is -0.305. The normalized spacial score (nSPS) is 8.53. The summed E-state index contributed by atoms with van der Waals surface area (Å²) >= 11 is 0. The molecule has 0 saturated carbocycles. The van der Waals surface area contributed by atoms with Gasteiger partial charge in [-0.05, 0) is 12.8 Å². The number of methoxy groups -OCH3 is 1. The van der Waals surface area contributed by atoms with Gasteiger partial charge >= 0.3 is 11.9 Å². The second kappa shape index (κ2) is 12.9. The smallest absolute Gasteiger partial charge is 0.305 e. The Balaban J connectivity index is 0. The van der Waals surface area contributed by atoms with Gasteiger partial charge in [-0.3, -0.25) is 9.59 Å². The van der Waals surface area contributed by atoms with Crippen molar-refractivity contribution < 1.29 is 19.1 Å². The SMILES string of the molecule is CCCC(=O)OC.CCCCOC(C)=O. The summed E-state index contributed by atoms with van der Waals surface area (Å²) in [4.78, 5) is 20.3. The molecule has 0 rings (SSSR count). The summed E-state index contributed by atoms with van der Waals surface area (Å²) in [6.07, 6.45) is 3.45. The Bertz CT molecular complexity index is 166. The average Bonchev–Trinajstić information content (AvgIpc) is 2.19.